The second kappa shape index (κ2) is 8.77. The number of esters is 1. The molecule has 0 heterocycles. The van der Waals surface area contributed by atoms with Gasteiger partial charge in [0.1, 0.15) is 12.6 Å². The molecule has 0 aliphatic rings. The molecule has 0 fully saturated rings. The number of halogens is 1. The molecule has 1 aromatic rings. The van der Waals surface area contributed by atoms with E-state index in [1.165, 1.54) is 0 Å². The molecule has 1 rings (SSSR count). The van der Waals surface area contributed by atoms with Gasteiger partial charge >= 0.3 is 5.97 Å². The van der Waals surface area contributed by atoms with Crippen LogP contribution < -0.4 is 23.5 Å². The van der Waals surface area contributed by atoms with Crippen LogP contribution in [0.3, 0.4) is 0 Å². The van der Waals surface area contributed by atoms with Gasteiger partial charge in [-0.2, -0.15) is 0 Å². The van der Waals surface area contributed by atoms with Gasteiger partial charge in [-0.25, -0.2) is 4.79 Å². The fourth-order valence-electron chi connectivity index (χ4n) is 1.74. The molecule has 0 aliphatic carbocycles. The molecule has 5 heteroatoms. The molecule has 0 amide bonds. The third-order valence-corrected chi connectivity index (χ3v) is 2.76. The molecular weight excluding hydrogens is 264 g/mol. The summed E-state index contributed by atoms with van der Waals surface area (Å²) < 4.78 is 5.31. The fraction of sp³-hybridized carbons (Fsp3) is 0.500. The predicted octanol–water partition coefficient (Wildman–Crippen LogP) is -1.82. The van der Waals surface area contributed by atoms with Crippen LogP contribution >= 0.6 is 0 Å². The Balaban J connectivity index is 0.00000324. The molecule has 0 spiro atoms. The van der Waals surface area contributed by atoms with Gasteiger partial charge in [0.2, 0.25) is 0 Å². The zero-order chi connectivity index (χ0) is 13.5. The lowest BCUT2D eigenvalue weighted by molar-refractivity contribution is -0.716. The Morgan fingerprint density at radius 2 is 1.89 bits per heavy atom. The summed E-state index contributed by atoms with van der Waals surface area (Å²) in [6.07, 6.45) is 0.979. The summed E-state index contributed by atoms with van der Waals surface area (Å²) in [5.74, 6) is -0.286. The van der Waals surface area contributed by atoms with Crippen LogP contribution in [-0.2, 0) is 4.74 Å². The van der Waals surface area contributed by atoms with Crippen molar-refractivity contribution in [2.75, 3.05) is 12.3 Å². The Labute approximate surface area is 121 Å². The van der Waals surface area contributed by atoms with E-state index >= 15 is 0 Å². The summed E-state index contributed by atoms with van der Waals surface area (Å²) in [6, 6.07) is 7.60. The van der Waals surface area contributed by atoms with Crippen molar-refractivity contribution in [3.05, 3.63) is 29.8 Å². The minimum atomic E-state index is -0.286. The standard InChI is InChI=1S/C14H22N2O2.ClH/c1-4-13(16-10(2)3)9-18-14(17)11-5-7-12(15)8-6-11;/h5-8,10,13,16H,4,9,15H2,1-3H3;1H. The van der Waals surface area contributed by atoms with E-state index in [-0.39, 0.29) is 18.4 Å². The van der Waals surface area contributed by atoms with Gasteiger partial charge in [0.15, 0.2) is 0 Å². The minimum Gasteiger partial charge on any atom is -1.00 e. The summed E-state index contributed by atoms with van der Waals surface area (Å²) in [4.78, 5) is 11.8. The lowest BCUT2D eigenvalue weighted by Gasteiger charge is -2.16. The summed E-state index contributed by atoms with van der Waals surface area (Å²) in [5, 5.41) is 2.22. The first kappa shape index (κ1) is 17.7. The number of nitrogen functional groups attached to an aromatic ring is 1. The molecule has 0 aromatic heterocycles. The number of benzene rings is 1. The van der Waals surface area contributed by atoms with Gasteiger partial charge in [0.25, 0.3) is 0 Å². The highest BCUT2D eigenvalue weighted by Gasteiger charge is 2.15. The molecule has 0 aliphatic heterocycles. The number of carbonyl (C=O) groups excluding carboxylic acids is 1. The summed E-state index contributed by atoms with van der Waals surface area (Å²) in [6.45, 7) is 6.80. The van der Waals surface area contributed by atoms with Crippen molar-refractivity contribution in [2.45, 2.75) is 39.3 Å². The van der Waals surface area contributed by atoms with Crippen molar-refractivity contribution in [1.82, 2.24) is 0 Å². The predicted molar refractivity (Wildman–Crippen MR) is 72.3 cm³/mol. The van der Waals surface area contributed by atoms with Crippen LogP contribution in [-0.4, -0.2) is 24.7 Å². The molecule has 19 heavy (non-hydrogen) atoms. The molecule has 4 nitrogen and oxygen atoms in total. The molecule has 0 saturated carbocycles. The number of hydrogen-bond donors (Lipinski definition) is 2. The number of nitrogens with two attached hydrogens (primary N) is 2. The Kier molecular flexibility index (Phi) is 8.19. The number of ether oxygens (including phenoxy) is 1. The van der Waals surface area contributed by atoms with Gasteiger partial charge in [-0.05, 0) is 44.5 Å². The zero-order valence-electron chi connectivity index (χ0n) is 11.7. The van der Waals surface area contributed by atoms with Gasteiger partial charge in [0, 0.05) is 5.69 Å². The Morgan fingerprint density at radius 3 is 2.37 bits per heavy atom. The highest BCUT2D eigenvalue weighted by atomic mass is 35.5. The lowest BCUT2D eigenvalue weighted by atomic mass is 10.2. The van der Waals surface area contributed by atoms with E-state index < -0.39 is 0 Å². The van der Waals surface area contributed by atoms with E-state index in [1.54, 1.807) is 24.3 Å². The Bertz CT molecular complexity index is 380. The molecule has 4 N–H and O–H groups in total. The van der Waals surface area contributed by atoms with Crippen molar-refractivity contribution in [3.8, 4) is 0 Å². The first-order chi connectivity index (χ1) is 8.52. The van der Waals surface area contributed by atoms with Gasteiger partial charge in [0.05, 0.1) is 11.6 Å². The van der Waals surface area contributed by atoms with Crippen LogP contribution in [0, 0.1) is 0 Å². The van der Waals surface area contributed by atoms with Gasteiger partial charge < -0.3 is 28.2 Å². The summed E-state index contributed by atoms with van der Waals surface area (Å²) in [7, 11) is 0. The van der Waals surface area contributed by atoms with Crippen LogP contribution in [0.2, 0.25) is 0 Å². The maximum Gasteiger partial charge on any atom is 0.338 e. The zero-order valence-corrected chi connectivity index (χ0v) is 12.5. The van der Waals surface area contributed by atoms with Crippen molar-refractivity contribution < 1.29 is 27.3 Å². The second-order valence-corrected chi connectivity index (χ2v) is 4.83. The largest absolute Gasteiger partial charge is 1.00 e. The first-order valence-electron chi connectivity index (χ1n) is 6.40. The molecule has 1 atom stereocenters. The molecule has 1 unspecified atom stereocenters. The monoisotopic (exact) mass is 286 g/mol. The van der Waals surface area contributed by atoms with E-state index in [9.17, 15) is 4.79 Å². The van der Waals surface area contributed by atoms with Crippen LogP contribution in [0.4, 0.5) is 5.69 Å². The van der Waals surface area contributed by atoms with Crippen molar-refractivity contribution in [1.29, 1.82) is 0 Å². The number of hydrogen-bond acceptors (Lipinski definition) is 3. The highest BCUT2D eigenvalue weighted by Crippen LogP contribution is 2.07. The van der Waals surface area contributed by atoms with Crippen LogP contribution in [0.1, 0.15) is 37.6 Å². The first-order valence-corrected chi connectivity index (χ1v) is 6.40. The van der Waals surface area contributed by atoms with E-state index in [4.69, 9.17) is 10.5 Å². The normalized spacial score (nSPS) is 11.8. The Hall–Kier alpha value is -1.26. The van der Waals surface area contributed by atoms with E-state index in [1.807, 2.05) is 0 Å². The fourth-order valence-corrected chi connectivity index (χ4v) is 1.74. The van der Waals surface area contributed by atoms with Crippen LogP contribution in [0.15, 0.2) is 24.3 Å². The topological polar surface area (TPSA) is 68.9 Å². The summed E-state index contributed by atoms with van der Waals surface area (Å²) >= 11 is 0. The molecule has 108 valence electrons. The van der Waals surface area contributed by atoms with Crippen molar-refractivity contribution in [2.24, 2.45) is 0 Å². The summed E-state index contributed by atoms with van der Waals surface area (Å²) in [5.41, 5.74) is 6.76. The highest BCUT2D eigenvalue weighted by molar-refractivity contribution is 5.89. The van der Waals surface area contributed by atoms with E-state index in [0.717, 1.165) is 6.42 Å². The third-order valence-electron chi connectivity index (χ3n) is 2.76. The number of rotatable bonds is 6. The van der Waals surface area contributed by atoms with Crippen LogP contribution in [0.5, 0.6) is 0 Å². The Morgan fingerprint density at radius 1 is 1.32 bits per heavy atom. The third kappa shape index (κ3) is 6.45. The molecule has 1 aromatic carbocycles. The lowest BCUT2D eigenvalue weighted by Crippen LogP contribution is -3.00. The number of carbonyl (C=O) groups is 1. The quantitative estimate of drug-likeness (QED) is 0.478. The van der Waals surface area contributed by atoms with Crippen LogP contribution in [0.25, 0.3) is 0 Å². The molecular formula is C14H23ClN2O2. The average Bonchev–Trinajstić information content (AvgIpc) is 2.34. The SMILES string of the molecule is CCC(COC(=O)c1ccc(N)cc1)[NH2+]C(C)C.[Cl-]. The van der Waals surface area contributed by atoms with Crippen molar-refractivity contribution >= 4 is 11.7 Å². The van der Waals surface area contributed by atoms with Crippen molar-refractivity contribution in [3.63, 3.8) is 0 Å². The molecule has 0 bridgehead atoms. The average molecular weight is 287 g/mol. The maximum atomic E-state index is 11.8. The van der Waals surface area contributed by atoms with Gasteiger partial charge in [-0.15, -0.1) is 0 Å². The molecule has 0 radical (unpaired) electrons. The maximum absolute atomic E-state index is 11.8. The number of quaternary nitrogens is 1. The number of anilines is 1. The van der Waals surface area contributed by atoms with E-state index in [2.05, 4.69) is 26.1 Å². The second-order valence-electron chi connectivity index (χ2n) is 4.83. The van der Waals surface area contributed by atoms with E-state index in [0.29, 0.717) is 29.9 Å². The molecule has 0 saturated heterocycles. The van der Waals surface area contributed by atoms with Gasteiger partial charge in [-0.1, -0.05) is 6.92 Å². The van der Waals surface area contributed by atoms with Gasteiger partial charge in [-0.3, -0.25) is 0 Å². The minimum absolute atomic E-state index is 0. The smallest absolute Gasteiger partial charge is 0.338 e.